The number of likely N-dealkylation sites (N-methyl/N-ethyl adjacent to an activating group) is 1. The fourth-order valence-electron chi connectivity index (χ4n) is 4.11. The average molecular weight is 395 g/mol. The summed E-state index contributed by atoms with van der Waals surface area (Å²) in [4.78, 5) is 28.4. The van der Waals surface area contributed by atoms with Crippen molar-refractivity contribution in [2.45, 2.75) is 19.4 Å². The molecule has 3 heterocycles. The highest BCUT2D eigenvalue weighted by Gasteiger charge is 2.26. The second kappa shape index (κ2) is 9.33. The second-order valence-corrected chi connectivity index (χ2v) is 8.12. The van der Waals surface area contributed by atoms with Crippen LogP contribution in [0.2, 0.25) is 0 Å². The van der Waals surface area contributed by atoms with Crippen LogP contribution in [-0.4, -0.2) is 72.0 Å². The molecule has 2 aromatic rings. The molecule has 1 aromatic heterocycles. The lowest BCUT2D eigenvalue weighted by Gasteiger charge is -2.33. The van der Waals surface area contributed by atoms with E-state index in [2.05, 4.69) is 49.2 Å². The number of aromatic nitrogens is 2. The number of hydrogen-bond acceptors (Lipinski definition) is 6. The number of carbonyl (C=O) groups excluding carboxylic acids is 1. The molecule has 0 spiro atoms. The molecule has 1 atom stereocenters. The standard InChI is InChI=1S/C22H30N6O/c1-26-10-12-27(13-11-26)16-18-4-2-6-20(14-18)25-22(29)19-5-3-9-28(17-19)21-15-23-7-8-24-21/h2,4,6-8,14-15,19H,3,5,9-13,16-17H2,1H3,(H,25,29). The van der Waals surface area contributed by atoms with Crippen molar-refractivity contribution in [2.75, 3.05) is 56.5 Å². The van der Waals surface area contributed by atoms with Crippen molar-refractivity contribution in [1.82, 2.24) is 19.8 Å². The fraction of sp³-hybridized carbons (Fsp3) is 0.500. The van der Waals surface area contributed by atoms with Gasteiger partial charge in [0.2, 0.25) is 5.91 Å². The van der Waals surface area contributed by atoms with Crippen LogP contribution in [0, 0.1) is 5.92 Å². The Balaban J connectivity index is 1.34. The Hall–Kier alpha value is -2.51. The fourth-order valence-corrected chi connectivity index (χ4v) is 4.11. The third-order valence-electron chi connectivity index (χ3n) is 5.86. The Labute approximate surface area is 172 Å². The van der Waals surface area contributed by atoms with Crippen LogP contribution in [0.4, 0.5) is 11.5 Å². The number of amides is 1. The minimum atomic E-state index is -0.0351. The lowest BCUT2D eigenvalue weighted by Crippen LogP contribution is -2.43. The molecule has 0 aliphatic carbocycles. The van der Waals surface area contributed by atoms with E-state index in [1.807, 2.05) is 12.1 Å². The topological polar surface area (TPSA) is 64.6 Å². The Morgan fingerprint density at radius 2 is 2.03 bits per heavy atom. The van der Waals surface area contributed by atoms with Gasteiger partial charge in [0, 0.05) is 63.9 Å². The summed E-state index contributed by atoms with van der Waals surface area (Å²) in [6.45, 7) is 6.94. The Morgan fingerprint density at radius 1 is 1.17 bits per heavy atom. The van der Waals surface area contributed by atoms with Gasteiger partial charge in [0.25, 0.3) is 0 Å². The molecule has 1 unspecified atom stereocenters. The summed E-state index contributed by atoms with van der Waals surface area (Å²) >= 11 is 0. The van der Waals surface area contributed by atoms with Gasteiger partial charge in [-0.05, 0) is 37.6 Å². The molecule has 4 rings (SSSR count). The first-order chi connectivity index (χ1) is 14.2. The van der Waals surface area contributed by atoms with Gasteiger partial charge in [-0.3, -0.25) is 14.7 Å². The molecule has 154 valence electrons. The van der Waals surface area contributed by atoms with Crippen molar-refractivity contribution in [3.05, 3.63) is 48.4 Å². The molecule has 2 fully saturated rings. The van der Waals surface area contributed by atoms with Crippen molar-refractivity contribution >= 4 is 17.4 Å². The molecule has 0 bridgehead atoms. The number of rotatable bonds is 5. The number of nitrogens with one attached hydrogen (secondary N) is 1. The van der Waals surface area contributed by atoms with Crippen molar-refractivity contribution in [2.24, 2.45) is 5.92 Å². The zero-order valence-corrected chi connectivity index (χ0v) is 17.1. The lowest BCUT2D eigenvalue weighted by atomic mass is 9.97. The molecular weight excluding hydrogens is 364 g/mol. The van der Waals surface area contributed by atoms with Crippen molar-refractivity contribution in [3.63, 3.8) is 0 Å². The number of carbonyl (C=O) groups is 1. The number of piperazine rings is 1. The predicted octanol–water partition coefficient (Wildman–Crippen LogP) is 2.08. The molecule has 0 radical (unpaired) electrons. The Morgan fingerprint density at radius 3 is 2.83 bits per heavy atom. The van der Waals surface area contributed by atoms with Crippen LogP contribution in [0.3, 0.4) is 0 Å². The number of piperidine rings is 1. The molecule has 1 aromatic carbocycles. The van der Waals surface area contributed by atoms with Crippen molar-refractivity contribution in [3.8, 4) is 0 Å². The van der Waals surface area contributed by atoms with Gasteiger partial charge < -0.3 is 15.1 Å². The monoisotopic (exact) mass is 394 g/mol. The summed E-state index contributed by atoms with van der Waals surface area (Å²) in [7, 11) is 2.17. The van der Waals surface area contributed by atoms with Gasteiger partial charge in [-0.15, -0.1) is 0 Å². The SMILES string of the molecule is CN1CCN(Cc2cccc(NC(=O)C3CCCN(c4cnccn4)C3)c2)CC1. The normalized spacial score (nSPS) is 21.1. The summed E-state index contributed by atoms with van der Waals surface area (Å²) < 4.78 is 0. The molecular formula is C22H30N6O. The highest BCUT2D eigenvalue weighted by molar-refractivity contribution is 5.93. The summed E-state index contributed by atoms with van der Waals surface area (Å²) in [5, 5.41) is 3.14. The van der Waals surface area contributed by atoms with E-state index in [0.717, 1.165) is 63.6 Å². The maximum atomic E-state index is 12.9. The molecule has 29 heavy (non-hydrogen) atoms. The summed E-state index contributed by atoms with van der Waals surface area (Å²) in [6.07, 6.45) is 7.03. The third-order valence-corrected chi connectivity index (χ3v) is 5.86. The van der Waals surface area contributed by atoms with Crippen LogP contribution in [-0.2, 0) is 11.3 Å². The molecule has 1 N–H and O–H groups in total. The smallest absolute Gasteiger partial charge is 0.229 e. The maximum absolute atomic E-state index is 12.9. The van der Waals surface area contributed by atoms with E-state index >= 15 is 0 Å². The van der Waals surface area contributed by atoms with E-state index in [0.29, 0.717) is 6.54 Å². The Kier molecular flexibility index (Phi) is 6.36. The zero-order valence-electron chi connectivity index (χ0n) is 17.1. The van der Waals surface area contributed by atoms with Crippen LogP contribution in [0.25, 0.3) is 0 Å². The highest BCUT2D eigenvalue weighted by atomic mass is 16.1. The highest BCUT2D eigenvalue weighted by Crippen LogP contribution is 2.23. The molecule has 2 saturated heterocycles. The lowest BCUT2D eigenvalue weighted by molar-refractivity contribution is -0.120. The quantitative estimate of drug-likeness (QED) is 0.838. The number of anilines is 2. The van der Waals surface area contributed by atoms with Gasteiger partial charge in [-0.1, -0.05) is 12.1 Å². The van der Waals surface area contributed by atoms with Crippen LogP contribution < -0.4 is 10.2 Å². The molecule has 1 amide bonds. The van der Waals surface area contributed by atoms with Gasteiger partial charge in [-0.25, -0.2) is 4.98 Å². The van der Waals surface area contributed by atoms with Gasteiger partial charge in [0.15, 0.2) is 0 Å². The molecule has 2 aliphatic heterocycles. The van der Waals surface area contributed by atoms with Crippen molar-refractivity contribution in [1.29, 1.82) is 0 Å². The first-order valence-electron chi connectivity index (χ1n) is 10.5. The number of hydrogen-bond donors (Lipinski definition) is 1. The van der Waals surface area contributed by atoms with Crippen LogP contribution in [0.1, 0.15) is 18.4 Å². The van der Waals surface area contributed by atoms with Gasteiger partial charge in [0.05, 0.1) is 12.1 Å². The summed E-state index contributed by atoms with van der Waals surface area (Å²) in [5.41, 5.74) is 2.13. The van der Waals surface area contributed by atoms with E-state index in [1.165, 1.54) is 5.56 Å². The third kappa shape index (κ3) is 5.31. The first kappa shape index (κ1) is 19.8. The second-order valence-electron chi connectivity index (χ2n) is 8.12. The maximum Gasteiger partial charge on any atom is 0.229 e. The predicted molar refractivity (Wildman–Crippen MR) is 115 cm³/mol. The van der Waals surface area contributed by atoms with Crippen LogP contribution >= 0.6 is 0 Å². The van der Waals surface area contributed by atoms with Crippen LogP contribution in [0.15, 0.2) is 42.9 Å². The van der Waals surface area contributed by atoms with E-state index < -0.39 is 0 Å². The van der Waals surface area contributed by atoms with Gasteiger partial charge >= 0.3 is 0 Å². The number of nitrogens with zero attached hydrogens (tertiary/aromatic N) is 5. The van der Waals surface area contributed by atoms with E-state index in [-0.39, 0.29) is 11.8 Å². The van der Waals surface area contributed by atoms with Crippen LogP contribution in [0.5, 0.6) is 0 Å². The van der Waals surface area contributed by atoms with Gasteiger partial charge in [-0.2, -0.15) is 0 Å². The molecule has 7 nitrogen and oxygen atoms in total. The number of benzene rings is 1. The van der Waals surface area contributed by atoms with E-state index in [9.17, 15) is 4.79 Å². The van der Waals surface area contributed by atoms with E-state index in [1.54, 1.807) is 18.6 Å². The minimum absolute atomic E-state index is 0.0351. The van der Waals surface area contributed by atoms with Gasteiger partial charge in [0.1, 0.15) is 5.82 Å². The molecule has 0 saturated carbocycles. The minimum Gasteiger partial charge on any atom is -0.355 e. The van der Waals surface area contributed by atoms with Crippen molar-refractivity contribution < 1.29 is 4.79 Å². The average Bonchev–Trinajstić information content (AvgIpc) is 2.76. The first-order valence-corrected chi connectivity index (χ1v) is 10.5. The van der Waals surface area contributed by atoms with E-state index in [4.69, 9.17) is 0 Å². The largest absolute Gasteiger partial charge is 0.355 e. The summed E-state index contributed by atoms with van der Waals surface area (Å²) in [5.74, 6) is 0.904. The summed E-state index contributed by atoms with van der Waals surface area (Å²) in [6, 6.07) is 8.27. The molecule has 7 heteroatoms. The molecule has 2 aliphatic rings. The Bertz CT molecular complexity index is 806. The zero-order chi connectivity index (χ0) is 20.1.